The van der Waals surface area contributed by atoms with E-state index in [1.165, 1.54) is 22.3 Å². The first-order valence-corrected chi connectivity index (χ1v) is 14.2. The molecule has 204 valence electrons. The normalized spacial score (nSPS) is 15.6. The topological polar surface area (TPSA) is 27.7 Å². The molecule has 1 aliphatic heterocycles. The van der Waals surface area contributed by atoms with Crippen molar-refractivity contribution in [3.63, 3.8) is 0 Å². The summed E-state index contributed by atoms with van der Waals surface area (Å²) in [4.78, 5) is 0. The summed E-state index contributed by atoms with van der Waals surface area (Å²) in [6.45, 7) is 6.72. The van der Waals surface area contributed by atoms with Crippen LogP contribution in [0.3, 0.4) is 0 Å². The lowest BCUT2D eigenvalue weighted by Gasteiger charge is -2.38. The average molecular weight is 559 g/mol. The van der Waals surface area contributed by atoms with Gasteiger partial charge in [-0.2, -0.15) is 0 Å². The summed E-state index contributed by atoms with van der Waals surface area (Å²) in [5.74, 6) is 2.39. The van der Waals surface area contributed by atoms with Crippen LogP contribution in [0.25, 0.3) is 28.0 Å². The fourth-order valence-corrected chi connectivity index (χ4v) is 7.17. The minimum absolute atomic E-state index is 0.214. The summed E-state index contributed by atoms with van der Waals surface area (Å²) in [5, 5.41) is 2.75. The molecule has 0 aromatic heterocycles. The van der Waals surface area contributed by atoms with Gasteiger partial charge in [0.15, 0.2) is 5.60 Å². The lowest BCUT2D eigenvalue weighted by Crippen LogP contribution is -2.35. The van der Waals surface area contributed by atoms with Gasteiger partial charge in [-0.25, -0.2) is 0 Å². The number of aryl methyl sites for hydroxylation is 1. The van der Waals surface area contributed by atoms with Gasteiger partial charge in [-0.05, 0) is 76.5 Å². The second-order valence-corrected chi connectivity index (χ2v) is 11.9. The highest BCUT2D eigenvalue weighted by Gasteiger charge is 2.44. The first kappa shape index (κ1) is 25.7. The van der Waals surface area contributed by atoms with Gasteiger partial charge in [0.25, 0.3) is 0 Å². The monoisotopic (exact) mass is 558 g/mol. The zero-order valence-electron chi connectivity index (χ0n) is 23.8. The molecule has 5 aromatic carbocycles. The second-order valence-electron chi connectivity index (χ2n) is 11.5. The molecule has 1 aliphatic carbocycles. The van der Waals surface area contributed by atoms with Gasteiger partial charge < -0.3 is 14.2 Å². The van der Waals surface area contributed by atoms with Crippen molar-refractivity contribution in [1.82, 2.24) is 0 Å². The van der Waals surface area contributed by atoms with Crippen LogP contribution in [0.4, 0.5) is 0 Å². The summed E-state index contributed by atoms with van der Waals surface area (Å²) in [6.07, 6.45) is 4.43. The van der Waals surface area contributed by atoms with Crippen LogP contribution in [0.2, 0.25) is 5.02 Å². The lowest BCUT2D eigenvalue weighted by molar-refractivity contribution is 0.163. The average Bonchev–Trinajstić information content (AvgIpc) is 3.24. The molecule has 0 fully saturated rings. The van der Waals surface area contributed by atoms with Crippen LogP contribution < -0.4 is 14.2 Å². The van der Waals surface area contributed by atoms with Crippen molar-refractivity contribution in [3.05, 3.63) is 129 Å². The van der Waals surface area contributed by atoms with E-state index in [0.717, 1.165) is 50.3 Å². The maximum atomic E-state index is 7.34. The third-order valence-electron chi connectivity index (χ3n) is 8.78. The molecule has 5 aromatic rings. The zero-order chi connectivity index (χ0) is 28.5. The van der Waals surface area contributed by atoms with Crippen LogP contribution in [0.1, 0.15) is 47.2 Å². The number of hydrogen-bond donors (Lipinski definition) is 0. The molecule has 0 unspecified atom stereocenters. The van der Waals surface area contributed by atoms with Crippen molar-refractivity contribution in [2.24, 2.45) is 0 Å². The molecule has 3 nitrogen and oxygen atoms in total. The van der Waals surface area contributed by atoms with Crippen molar-refractivity contribution >= 4 is 28.4 Å². The predicted molar refractivity (Wildman–Crippen MR) is 168 cm³/mol. The Morgan fingerprint density at radius 2 is 1.39 bits per heavy atom. The highest BCUT2D eigenvalue weighted by atomic mass is 35.5. The van der Waals surface area contributed by atoms with Crippen LogP contribution >= 0.6 is 11.6 Å². The lowest BCUT2D eigenvalue weighted by atomic mass is 9.76. The molecule has 2 aliphatic rings. The number of halogens is 1. The summed E-state index contributed by atoms with van der Waals surface area (Å²) >= 11 is 7.13. The number of ether oxygens (including phenoxy) is 3. The second kappa shape index (κ2) is 9.15. The Balaban J connectivity index is 1.56. The van der Waals surface area contributed by atoms with Crippen molar-refractivity contribution in [1.29, 1.82) is 0 Å². The van der Waals surface area contributed by atoms with Crippen molar-refractivity contribution in [2.45, 2.75) is 31.8 Å². The molecule has 0 saturated carbocycles. The van der Waals surface area contributed by atoms with Gasteiger partial charge in [-0.15, -0.1) is 0 Å². The predicted octanol–water partition coefficient (Wildman–Crippen LogP) is 9.47. The van der Waals surface area contributed by atoms with E-state index in [9.17, 15) is 0 Å². The van der Waals surface area contributed by atoms with Crippen LogP contribution in [0.5, 0.6) is 17.2 Å². The van der Waals surface area contributed by atoms with Gasteiger partial charge in [-0.3, -0.25) is 0 Å². The molecule has 0 spiro atoms. The van der Waals surface area contributed by atoms with Crippen LogP contribution in [0, 0.1) is 6.92 Å². The fraction of sp³-hybridized carbons (Fsp3) is 0.189. The largest absolute Gasteiger partial charge is 0.497 e. The van der Waals surface area contributed by atoms with Crippen LogP contribution in [0.15, 0.2) is 91.0 Å². The Morgan fingerprint density at radius 3 is 2.00 bits per heavy atom. The van der Waals surface area contributed by atoms with Gasteiger partial charge in [-0.1, -0.05) is 86.1 Å². The van der Waals surface area contributed by atoms with E-state index in [4.69, 9.17) is 25.8 Å². The van der Waals surface area contributed by atoms with E-state index in [1.54, 1.807) is 14.2 Å². The first-order valence-electron chi connectivity index (χ1n) is 13.9. The van der Waals surface area contributed by atoms with E-state index >= 15 is 0 Å². The Morgan fingerprint density at radius 1 is 0.780 bits per heavy atom. The molecule has 7 rings (SSSR count). The molecule has 0 saturated heterocycles. The molecule has 1 heterocycles. The third kappa shape index (κ3) is 3.65. The molecule has 0 radical (unpaired) electrons. The summed E-state index contributed by atoms with van der Waals surface area (Å²) < 4.78 is 18.3. The quantitative estimate of drug-likeness (QED) is 0.220. The minimum atomic E-state index is -0.892. The van der Waals surface area contributed by atoms with E-state index in [1.807, 2.05) is 30.3 Å². The van der Waals surface area contributed by atoms with Gasteiger partial charge in [0.05, 0.1) is 19.2 Å². The summed E-state index contributed by atoms with van der Waals surface area (Å²) in [7, 11) is 3.36. The van der Waals surface area contributed by atoms with E-state index in [0.29, 0.717) is 5.02 Å². The maximum Gasteiger partial charge on any atom is 0.178 e. The number of rotatable bonds is 4. The van der Waals surface area contributed by atoms with Crippen molar-refractivity contribution in [3.8, 4) is 28.4 Å². The maximum absolute atomic E-state index is 7.34. The number of hydrogen-bond acceptors (Lipinski definition) is 3. The SMILES string of the molecule is COc1ccc(C2(c3ccc(OC)cc3)C=Cc3c4c(c5cc(C)cc(Cl)c5c3O2)-c2ccccc2C4(C)C)cc1. The Hall–Kier alpha value is -4.21. The minimum Gasteiger partial charge on any atom is -0.497 e. The number of methoxy groups -OCH3 is 2. The first-order chi connectivity index (χ1) is 19.8. The highest BCUT2D eigenvalue weighted by Crippen LogP contribution is 2.59. The van der Waals surface area contributed by atoms with Gasteiger partial charge >= 0.3 is 0 Å². The number of fused-ring (bicyclic) bond motifs is 8. The van der Waals surface area contributed by atoms with Crippen molar-refractivity contribution in [2.75, 3.05) is 14.2 Å². The molecule has 0 N–H and O–H groups in total. The Labute approximate surface area is 246 Å². The molecular formula is C37H31ClO3. The zero-order valence-corrected chi connectivity index (χ0v) is 24.6. The summed E-state index contributed by atoms with van der Waals surface area (Å²) in [5.41, 5.74) is 8.18. The highest BCUT2D eigenvalue weighted by molar-refractivity contribution is 6.37. The molecule has 0 atom stereocenters. The van der Waals surface area contributed by atoms with E-state index < -0.39 is 5.60 Å². The third-order valence-corrected chi connectivity index (χ3v) is 9.07. The number of benzene rings is 5. The van der Waals surface area contributed by atoms with Crippen LogP contribution in [-0.2, 0) is 11.0 Å². The fourth-order valence-electron chi connectivity index (χ4n) is 6.81. The molecule has 4 heteroatoms. The molecule has 41 heavy (non-hydrogen) atoms. The molecule has 0 amide bonds. The van der Waals surface area contributed by atoms with E-state index in [-0.39, 0.29) is 5.41 Å². The molecular weight excluding hydrogens is 528 g/mol. The van der Waals surface area contributed by atoms with Crippen molar-refractivity contribution < 1.29 is 14.2 Å². The van der Waals surface area contributed by atoms with E-state index in [2.05, 4.69) is 87.5 Å². The molecule has 0 bridgehead atoms. The Bertz CT molecular complexity index is 1820. The van der Waals surface area contributed by atoms with Gasteiger partial charge in [0.2, 0.25) is 0 Å². The summed E-state index contributed by atoms with van der Waals surface area (Å²) in [6, 6.07) is 29.2. The van der Waals surface area contributed by atoms with Crippen LogP contribution in [-0.4, -0.2) is 14.2 Å². The Kier molecular flexibility index (Phi) is 5.75. The van der Waals surface area contributed by atoms with Gasteiger partial charge in [0.1, 0.15) is 17.2 Å². The van der Waals surface area contributed by atoms with Gasteiger partial charge in [0, 0.05) is 27.5 Å². The smallest absolute Gasteiger partial charge is 0.178 e. The standard InChI is InChI=1S/C37H31ClO3/c1-22-20-29-32-27-8-6-7-9-30(27)36(2,3)34(32)28-18-19-37(23-10-14-25(39-4)15-11-23,24-12-16-26(40-5)17-13-24)41-35(28)33(29)31(38)21-22/h6-21H,1-5H3.